The van der Waals surface area contributed by atoms with E-state index in [1.165, 1.54) is 18.2 Å². The van der Waals surface area contributed by atoms with E-state index in [0.29, 0.717) is 11.5 Å². The van der Waals surface area contributed by atoms with E-state index >= 15 is 0 Å². The Hall–Kier alpha value is -2.97. The summed E-state index contributed by atoms with van der Waals surface area (Å²) < 4.78 is 43.1. The molecule has 2 aromatic rings. The van der Waals surface area contributed by atoms with Gasteiger partial charge >= 0.3 is 12.2 Å². The molecule has 0 fully saturated rings. The van der Waals surface area contributed by atoms with E-state index in [0.717, 1.165) is 12.1 Å². The molecule has 0 aliphatic rings. The van der Waals surface area contributed by atoms with Gasteiger partial charge in [0.05, 0.1) is 11.1 Å². The molecule has 0 atom stereocenters. The number of alkyl halides is 3. The zero-order valence-electron chi connectivity index (χ0n) is 13.5. The summed E-state index contributed by atoms with van der Waals surface area (Å²) in [4.78, 5) is 23.5. The minimum Gasteiger partial charge on any atom is -0.466 e. The number of benzene rings is 1. The van der Waals surface area contributed by atoms with Crippen molar-refractivity contribution in [2.24, 2.45) is 0 Å². The van der Waals surface area contributed by atoms with Crippen molar-refractivity contribution in [3.05, 3.63) is 58.5 Å². The number of carbonyl (C=O) groups excluding carboxylic acids is 2. The molecular weight excluding hydrogens is 339 g/mol. The Morgan fingerprint density at radius 3 is 2.44 bits per heavy atom. The van der Waals surface area contributed by atoms with Crippen LogP contribution in [0.15, 0.2) is 34.7 Å². The Labute approximate surface area is 141 Å². The van der Waals surface area contributed by atoms with Gasteiger partial charge in [-0.3, -0.25) is 10.2 Å². The summed E-state index contributed by atoms with van der Waals surface area (Å²) in [6.07, 6.45) is -4.45. The molecule has 0 spiro atoms. The topological polar surface area (TPSA) is 83.4 Å². The minimum absolute atomic E-state index is 0.129. The smallest absolute Gasteiger partial charge is 0.416 e. The van der Waals surface area contributed by atoms with Crippen molar-refractivity contribution in [2.75, 3.05) is 0 Å². The number of hydrogen-bond acceptors (Lipinski definition) is 3. The largest absolute Gasteiger partial charge is 0.466 e. The van der Waals surface area contributed by atoms with Crippen LogP contribution < -0.4 is 16.2 Å². The van der Waals surface area contributed by atoms with Crippen LogP contribution in [0.3, 0.4) is 0 Å². The number of nitrogens with one attached hydrogen (secondary N) is 3. The van der Waals surface area contributed by atoms with Crippen LogP contribution in [-0.2, 0) is 12.7 Å². The fraction of sp³-hybridized carbons (Fsp3) is 0.250. The van der Waals surface area contributed by atoms with Gasteiger partial charge in [0.1, 0.15) is 11.5 Å². The van der Waals surface area contributed by atoms with Crippen LogP contribution in [-0.4, -0.2) is 11.9 Å². The predicted octanol–water partition coefficient (Wildman–Crippen LogP) is 3.06. The first-order valence-electron chi connectivity index (χ1n) is 7.24. The number of rotatable bonds is 3. The summed E-state index contributed by atoms with van der Waals surface area (Å²) in [5.74, 6) is 0.390. The van der Waals surface area contributed by atoms with E-state index in [9.17, 15) is 22.8 Å². The van der Waals surface area contributed by atoms with Gasteiger partial charge in [0.2, 0.25) is 0 Å². The Kier molecular flexibility index (Phi) is 5.35. The Balaban J connectivity index is 1.85. The minimum atomic E-state index is -4.45. The maximum Gasteiger partial charge on any atom is 0.416 e. The number of furan rings is 1. The number of halogens is 3. The van der Waals surface area contributed by atoms with Crippen LogP contribution in [0.2, 0.25) is 0 Å². The summed E-state index contributed by atoms with van der Waals surface area (Å²) in [5, 5.41) is 2.35. The Bertz CT molecular complexity index is 784. The lowest BCUT2D eigenvalue weighted by molar-refractivity contribution is -0.137. The van der Waals surface area contributed by atoms with E-state index in [2.05, 4.69) is 16.2 Å². The lowest BCUT2D eigenvalue weighted by atomic mass is 10.1. The van der Waals surface area contributed by atoms with E-state index in [-0.39, 0.29) is 17.7 Å². The van der Waals surface area contributed by atoms with Crippen molar-refractivity contribution in [3.8, 4) is 0 Å². The molecule has 0 radical (unpaired) electrons. The molecule has 0 aliphatic carbocycles. The molecule has 1 aromatic heterocycles. The first-order valence-corrected chi connectivity index (χ1v) is 7.24. The molecule has 1 aromatic carbocycles. The molecule has 0 saturated heterocycles. The third-order valence-electron chi connectivity index (χ3n) is 3.28. The Morgan fingerprint density at radius 1 is 1.12 bits per heavy atom. The highest BCUT2D eigenvalue weighted by molar-refractivity contribution is 5.96. The van der Waals surface area contributed by atoms with E-state index in [1.807, 2.05) is 0 Å². The molecule has 0 saturated carbocycles. The summed E-state index contributed by atoms with van der Waals surface area (Å²) in [6, 6.07) is 5.35. The van der Waals surface area contributed by atoms with Gasteiger partial charge in [-0.05, 0) is 37.6 Å². The van der Waals surface area contributed by atoms with Crippen LogP contribution in [0.25, 0.3) is 0 Å². The van der Waals surface area contributed by atoms with Crippen molar-refractivity contribution in [2.45, 2.75) is 26.6 Å². The Morgan fingerprint density at radius 2 is 1.84 bits per heavy atom. The number of amides is 3. The van der Waals surface area contributed by atoms with Crippen molar-refractivity contribution in [3.63, 3.8) is 0 Å². The average molecular weight is 355 g/mol. The van der Waals surface area contributed by atoms with E-state index in [4.69, 9.17) is 4.42 Å². The van der Waals surface area contributed by atoms with Gasteiger partial charge in [-0.15, -0.1) is 0 Å². The normalized spacial score (nSPS) is 11.1. The molecule has 3 N–H and O–H groups in total. The van der Waals surface area contributed by atoms with Gasteiger partial charge in [0.15, 0.2) is 0 Å². The highest BCUT2D eigenvalue weighted by atomic mass is 19.4. The number of hydrogen-bond donors (Lipinski definition) is 3. The third kappa shape index (κ3) is 5.00. The number of carbonyl (C=O) groups is 2. The molecule has 1 heterocycles. The molecule has 6 nitrogen and oxygen atoms in total. The number of hydrazine groups is 1. The van der Waals surface area contributed by atoms with Gasteiger partial charge < -0.3 is 9.73 Å². The fourth-order valence-corrected chi connectivity index (χ4v) is 2.12. The van der Waals surface area contributed by atoms with Gasteiger partial charge in [-0.25, -0.2) is 10.2 Å². The van der Waals surface area contributed by atoms with Gasteiger partial charge in [0.25, 0.3) is 5.91 Å². The molecule has 9 heteroatoms. The van der Waals surface area contributed by atoms with Crippen LogP contribution in [0.1, 0.15) is 33.0 Å². The zero-order chi connectivity index (χ0) is 18.6. The van der Waals surface area contributed by atoms with Gasteiger partial charge in [0, 0.05) is 6.54 Å². The molecular formula is C16H16F3N3O3. The summed E-state index contributed by atoms with van der Waals surface area (Å²) >= 11 is 0. The fourth-order valence-electron chi connectivity index (χ4n) is 2.12. The monoisotopic (exact) mass is 355 g/mol. The first-order chi connectivity index (χ1) is 11.7. The molecule has 0 aliphatic heterocycles. The van der Waals surface area contributed by atoms with E-state index < -0.39 is 23.7 Å². The van der Waals surface area contributed by atoms with Crippen LogP contribution in [0.5, 0.6) is 0 Å². The van der Waals surface area contributed by atoms with Gasteiger partial charge in [-0.1, -0.05) is 12.1 Å². The van der Waals surface area contributed by atoms with Crippen molar-refractivity contribution in [1.82, 2.24) is 16.2 Å². The standard InChI is InChI=1S/C16H16F3N3O3/c1-9-6-13(10(2)25-9)14(23)21-22-15(24)20-8-11-4-3-5-12(7-11)16(17,18)19/h3-7H,8H2,1-2H3,(H,21,23)(H2,20,22,24). The highest BCUT2D eigenvalue weighted by Gasteiger charge is 2.30. The summed E-state index contributed by atoms with van der Waals surface area (Å²) in [6.45, 7) is 3.16. The maximum atomic E-state index is 12.6. The molecule has 25 heavy (non-hydrogen) atoms. The van der Waals surface area contributed by atoms with Crippen molar-refractivity contribution in [1.29, 1.82) is 0 Å². The van der Waals surface area contributed by atoms with Crippen molar-refractivity contribution < 1.29 is 27.2 Å². The average Bonchev–Trinajstić information content (AvgIpc) is 2.88. The molecule has 0 unspecified atom stereocenters. The first kappa shape index (κ1) is 18.4. The number of aryl methyl sites for hydroxylation is 2. The second-order valence-electron chi connectivity index (χ2n) is 5.29. The third-order valence-corrected chi connectivity index (χ3v) is 3.28. The lowest BCUT2D eigenvalue weighted by Crippen LogP contribution is -2.46. The molecule has 0 bridgehead atoms. The molecule has 134 valence electrons. The van der Waals surface area contributed by atoms with Crippen LogP contribution in [0.4, 0.5) is 18.0 Å². The number of urea groups is 1. The van der Waals surface area contributed by atoms with Gasteiger partial charge in [-0.2, -0.15) is 13.2 Å². The predicted molar refractivity (Wildman–Crippen MR) is 82.5 cm³/mol. The zero-order valence-corrected chi connectivity index (χ0v) is 13.5. The van der Waals surface area contributed by atoms with Crippen LogP contribution >= 0.6 is 0 Å². The van der Waals surface area contributed by atoms with E-state index in [1.54, 1.807) is 13.8 Å². The second-order valence-corrected chi connectivity index (χ2v) is 5.29. The van der Waals surface area contributed by atoms with Crippen LogP contribution in [0, 0.1) is 13.8 Å². The SMILES string of the molecule is Cc1cc(C(=O)NNC(=O)NCc2cccc(C(F)(F)F)c2)c(C)o1. The highest BCUT2D eigenvalue weighted by Crippen LogP contribution is 2.29. The lowest BCUT2D eigenvalue weighted by Gasteiger charge is -2.11. The van der Waals surface area contributed by atoms with Crippen molar-refractivity contribution >= 4 is 11.9 Å². The molecule has 2 rings (SSSR count). The quantitative estimate of drug-likeness (QED) is 0.740. The summed E-state index contributed by atoms with van der Waals surface area (Å²) in [7, 11) is 0. The second kappa shape index (κ2) is 7.29. The molecule has 3 amide bonds. The summed E-state index contributed by atoms with van der Waals surface area (Å²) in [5.41, 5.74) is 4.05. The maximum absolute atomic E-state index is 12.6.